The SMILES string of the molecule is COc1ccc(C)cc1CN(C)C(=O)[C@@H]1CNC[C@H]1C. The monoisotopic (exact) mass is 276 g/mol. The van der Waals surface area contributed by atoms with Crippen LogP contribution >= 0.6 is 0 Å². The molecule has 1 aliphatic heterocycles. The van der Waals surface area contributed by atoms with E-state index in [0.717, 1.165) is 24.4 Å². The van der Waals surface area contributed by atoms with Crippen molar-refractivity contribution in [1.29, 1.82) is 0 Å². The van der Waals surface area contributed by atoms with Gasteiger partial charge in [0.05, 0.1) is 13.0 Å². The van der Waals surface area contributed by atoms with Gasteiger partial charge in [0.15, 0.2) is 0 Å². The first-order valence-electron chi connectivity index (χ1n) is 7.12. The maximum Gasteiger partial charge on any atom is 0.227 e. The molecule has 4 nitrogen and oxygen atoms in total. The molecule has 1 aliphatic rings. The van der Waals surface area contributed by atoms with E-state index in [1.54, 1.807) is 7.11 Å². The van der Waals surface area contributed by atoms with Crippen molar-refractivity contribution in [1.82, 2.24) is 10.2 Å². The van der Waals surface area contributed by atoms with Crippen LogP contribution in [0.3, 0.4) is 0 Å². The first-order chi connectivity index (χ1) is 9.52. The molecule has 0 saturated carbocycles. The van der Waals surface area contributed by atoms with Crippen molar-refractivity contribution in [2.75, 3.05) is 27.2 Å². The molecule has 1 N–H and O–H groups in total. The maximum absolute atomic E-state index is 12.5. The lowest BCUT2D eigenvalue weighted by Crippen LogP contribution is -2.35. The van der Waals surface area contributed by atoms with Gasteiger partial charge in [-0.15, -0.1) is 0 Å². The number of nitrogens with one attached hydrogen (secondary N) is 1. The van der Waals surface area contributed by atoms with Crippen LogP contribution in [0.4, 0.5) is 0 Å². The van der Waals surface area contributed by atoms with E-state index >= 15 is 0 Å². The van der Waals surface area contributed by atoms with Crippen LogP contribution in [-0.2, 0) is 11.3 Å². The Labute approximate surface area is 121 Å². The van der Waals surface area contributed by atoms with Gasteiger partial charge < -0.3 is 15.0 Å². The highest BCUT2D eigenvalue weighted by atomic mass is 16.5. The fraction of sp³-hybridized carbons (Fsp3) is 0.562. The van der Waals surface area contributed by atoms with Crippen LogP contribution in [0.2, 0.25) is 0 Å². The largest absolute Gasteiger partial charge is 0.496 e. The summed E-state index contributed by atoms with van der Waals surface area (Å²) < 4.78 is 5.38. The minimum Gasteiger partial charge on any atom is -0.496 e. The van der Waals surface area contributed by atoms with Crippen molar-refractivity contribution in [2.45, 2.75) is 20.4 Å². The molecule has 0 aromatic heterocycles. The van der Waals surface area contributed by atoms with Crippen molar-refractivity contribution >= 4 is 5.91 Å². The maximum atomic E-state index is 12.5. The number of hydrogen-bond acceptors (Lipinski definition) is 3. The Kier molecular flexibility index (Phi) is 4.65. The van der Waals surface area contributed by atoms with Crippen LogP contribution in [0.15, 0.2) is 18.2 Å². The number of aryl methyl sites for hydroxylation is 1. The number of rotatable bonds is 4. The molecule has 0 bridgehead atoms. The summed E-state index contributed by atoms with van der Waals surface area (Å²) >= 11 is 0. The van der Waals surface area contributed by atoms with Gasteiger partial charge in [0.1, 0.15) is 5.75 Å². The molecule has 0 unspecified atom stereocenters. The molecule has 0 spiro atoms. The first kappa shape index (κ1) is 14.9. The van der Waals surface area contributed by atoms with Gasteiger partial charge in [-0.05, 0) is 25.5 Å². The molecule has 1 amide bonds. The van der Waals surface area contributed by atoms with E-state index < -0.39 is 0 Å². The molecule has 2 atom stereocenters. The second-order valence-electron chi connectivity index (χ2n) is 5.75. The van der Waals surface area contributed by atoms with Gasteiger partial charge in [-0.1, -0.05) is 24.6 Å². The zero-order valence-corrected chi connectivity index (χ0v) is 12.8. The third-order valence-electron chi connectivity index (χ3n) is 4.05. The standard InChI is InChI=1S/C16H24N2O2/c1-11-5-6-15(20-4)13(7-11)10-18(3)16(19)14-9-17-8-12(14)2/h5-7,12,14,17H,8-10H2,1-4H3/t12-,14-/m1/s1. The van der Waals surface area contributed by atoms with E-state index in [0.29, 0.717) is 12.5 Å². The van der Waals surface area contributed by atoms with E-state index in [-0.39, 0.29) is 11.8 Å². The van der Waals surface area contributed by atoms with Gasteiger partial charge in [0, 0.05) is 25.7 Å². The van der Waals surface area contributed by atoms with E-state index in [1.807, 2.05) is 31.0 Å². The summed E-state index contributed by atoms with van der Waals surface area (Å²) in [4.78, 5) is 14.3. The summed E-state index contributed by atoms with van der Waals surface area (Å²) in [6.07, 6.45) is 0. The van der Waals surface area contributed by atoms with Crippen LogP contribution in [0.25, 0.3) is 0 Å². The summed E-state index contributed by atoms with van der Waals surface area (Å²) in [5.74, 6) is 1.55. The Morgan fingerprint density at radius 1 is 1.45 bits per heavy atom. The molecule has 1 fully saturated rings. The van der Waals surface area contributed by atoms with Gasteiger partial charge in [-0.2, -0.15) is 0 Å². The quantitative estimate of drug-likeness (QED) is 0.912. The molecular formula is C16H24N2O2. The van der Waals surface area contributed by atoms with Gasteiger partial charge in [-0.3, -0.25) is 4.79 Å². The molecule has 1 heterocycles. The van der Waals surface area contributed by atoms with Crippen LogP contribution in [0.1, 0.15) is 18.1 Å². The average Bonchev–Trinajstić information content (AvgIpc) is 2.84. The third-order valence-corrected chi connectivity index (χ3v) is 4.05. The molecule has 110 valence electrons. The summed E-state index contributed by atoms with van der Waals surface area (Å²) in [7, 11) is 3.54. The van der Waals surface area contributed by atoms with E-state index in [9.17, 15) is 4.79 Å². The van der Waals surface area contributed by atoms with Crippen LogP contribution < -0.4 is 10.1 Å². The van der Waals surface area contributed by atoms with Gasteiger partial charge >= 0.3 is 0 Å². The number of benzene rings is 1. The number of carbonyl (C=O) groups excluding carboxylic acids is 1. The van der Waals surface area contributed by atoms with E-state index in [4.69, 9.17) is 4.74 Å². The Morgan fingerprint density at radius 3 is 2.80 bits per heavy atom. The smallest absolute Gasteiger partial charge is 0.227 e. The highest BCUT2D eigenvalue weighted by Crippen LogP contribution is 2.23. The number of amides is 1. The second-order valence-corrected chi connectivity index (χ2v) is 5.75. The molecule has 0 aliphatic carbocycles. The molecule has 20 heavy (non-hydrogen) atoms. The van der Waals surface area contributed by atoms with Gasteiger partial charge in [0.2, 0.25) is 5.91 Å². The van der Waals surface area contributed by atoms with Gasteiger partial charge in [-0.25, -0.2) is 0 Å². The Balaban J connectivity index is 2.09. The molecule has 1 aromatic carbocycles. The fourth-order valence-corrected chi connectivity index (χ4v) is 2.79. The van der Waals surface area contributed by atoms with Crippen LogP contribution in [0.5, 0.6) is 5.75 Å². The predicted molar refractivity (Wildman–Crippen MR) is 79.7 cm³/mol. The Hall–Kier alpha value is -1.55. The Bertz CT molecular complexity index is 487. The number of methoxy groups -OCH3 is 1. The number of nitrogens with zero attached hydrogens (tertiary/aromatic N) is 1. The topological polar surface area (TPSA) is 41.6 Å². The number of hydrogen-bond donors (Lipinski definition) is 1. The summed E-state index contributed by atoms with van der Waals surface area (Å²) in [5, 5.41) is 3.28. The fourth-order valence-electron chi connectivity index (χ4n) is 2.79. The lowest BCUT2D eigenvalue weighted by molar-refractivity contribution is -0.135. The Morgan fingerprint density at radius 2 is 2.20 bits per heavy atom. The minimum absolute atomic E-state index is 0.0933. The molecular weight excluding hydrogens is 252 g/mol. The molecule has 1 saturated heterocycles. The summed E-state index contributed by atoms with van der Waals surface area (Å²) in [6, 6.07) is 6.06. The van der Waals surface area contributed by atoms with Crippen molar-refractivity contribution in [3.63, 3.8) is 0 Å². The van der Waals surface area contributed by atoms with Crippen molar-refractivity contribution in [3.8, 4) is 5.75 Å². The van der Waals surface area contributed by atoms with Crippen molar-refractivity contribution < 1.29 is 9.53 Å². The summed E-state index contributed by atoms with van der Waals surface area (Å²) in [5.41, 5.74) is 2.24. The molecule has 4 heteroatoms. The van der Waals surface area contributed by atoms with Crippen molar-refractivity contribution in [3.05, 3.63) is 29.3 Å². The third kappa shape index (κ3) is 3.12. The molecule has 2 rings (SSSR count). The molecule has 1 aromatic rings. The highest BCUT2D eigenvalue weighted by molar-refractivity contribution is 5.79. The molecule has 0 radical (unpaired) electrons. The lowest BCUT2D eigenvalue weighted by atomic mass is 9.96. The number of ether oxygens (including phenoxy) is 1. The van der Waals surface area contributed by atoms with E-state index in [1.165, 1.54) is 5.56 Å². The summed E-state index contributed by atoms with van der Waals surface area (Å²) in [6.45, 7) is 6.48. The van der Waals surface area contributed by atoms with Gasteiger partial charge in [0.25, 0.3) is 0 Å². The second kappa shape index (κ2) is 6.27. The first-order valence-corrected chi connectivity index (χ1v) is 7.12. The lowest BCUT2D eigenvalue weighted by Gasteiger charge is -2.24. The van der Waals surface area contributed by atoms with E-state index in [2.05, 4.69) is 18.3 Å². The number of carbonyl (C=O) groups is 1. The van der Waals surface area contributed by atoms with Crippen LogP contribution in [0, 0.1) is 18.8 Å². The average molecular weight is 276 g/mol. The minimum atomic E-state index is 0.0933. The zero-order valence-electron chi connectivity index (χ0n) is 12.8. The normalized spacial score (nSPS) is 21.8. The van der Waals surface area contributed by atoms with Crippen molar-refractivity contribution in [2.24, 2.45) is 11.8 Å². The zero-order chi connectivity index (χ0) is 14.7. The predicted octanol–water partition coefficient (Wildman–Crippen LogP) is 1.82. The van der Waals surface area contributed by atoms with Crippen LogP contribution in [-0.4, -0.2) is 38.1 Å². The highest BCUT2D eigenvalue weighted by Gasteiger charge is 2.31.